The number of benzene rings is 1. The second-order valence-corrected chi connectivity index (χ2v) is 8.23. The number of aromatic nitrogens is 3. The lowest BCUT2D eigenvalue weighted by Gasteiger charge is -2.32. The molecule has 32 heavy (non-hydrogen) atoms. The van der Waals surface area contributed by atoms with Crippen molar-refractivity contribution in [2.45, 2.75) is 38.9 Å². The van der Waals surface area contributed by atoms with Gasteiger partial charge in [-0.2, -0.15) is 5.10 Å². The number of halogens is 1. The third-order valence-electron chi connectivity index (χ3n) is 5.73. The maximum atomic E-state index is 13.1. The number of nitrogens with two attached hydrogens (primary N) is 1. The summed E-state index contributed by atoms with van der Waals surface area (Å²) in [6.07, 6.45) is 4.80. The Hall–Kier alpha value is -3.33. The van der Waals surface area contributed by atoms with E-state index in [4.69, 9.17) is 17.3 Å². The number of pyridine rings is 1. The van der Waals surface area contributed by atoms with E-state index in [1.54, 1.807) is 34.1 Å². The molecule has 3 amide bonds. The number of primary amides is 1. The number of nitrogens with one attached hydrogen (secondary N) is 2. The molecule has 1 aliphatic rings. The smallest absolute Gasteiger partial charge is 0.314 e. The Labute approximate surface area is 190 Å². The summed E-state index contributed by atoms with van der Waals surface area (Å²) in [6, 6.07) is 7.04. The second-order valence-electron chi connectivity index (χ2n) is 7.80. The number of nitrogens with zero attached hydrogens (tertiary/aromatic N) is 4. The average molecular weight is 456 g/mol. The number of anilines is 1. The van der Waals surface area contributed by atoms with Gasteiger partial charge >= 0.3 is 6.03 Å². The Morgan fingerprint density at radius 1 is 1.19 bits per heavy atom. The van der Waals surface area contributed by atoms with Crippen LogP contribution < -0.4 is 16.4 Å². The lowest BCUT2D eigenvalue weighted by molar-refractivity contribution is 0.0951. The first-order valence-electron chi connectivity index (χ1n) is 10.6. The van der Waals surface area contributed by atoms with Gasteiger partial charge in [-0.25, -0.2) is 14.5 Å². The first kappa shape index (κ1) is 21.9. The molecule has 0 aliphatic carbocycles. The number of amides is 3. The largest absolute Gasteiger partial charge is 0.381 e. The molecule has 0 bridgehead atoms. The van der Waals surface area contributed by atoms with Crippen molar-refractivity contribution in [1.29, 1.82) is 0 Å². The Kier molecular flexibility index (Phi) is 6.45. The van der Waals surface area contributed by atoms with Crippen LogP contribution in [-0.2, 0) is 13.1 Å². The number of fused-ring (bicyclic) bond motifs is 1. The van der Waals surface area contributed by atoms with Crippen molar-refractivity contribution in [3.05, 3.63) is 52.8 Å². The normalized spacial score (nSPS) is 14.5. The highest BCUT2D eigenvalue weighted by Gasteiger charge is 2.25. The molecule has 3 heterocycles. The van der Waals surface area contributed by atoms with E-state index in [2.05, 4.69) is 20.7 Å². The highest BCUT2D eigenvalue weighted by molar-refractivity contribution is 6.30. The van der Waals surface area contributed by atoms with Crippen molar-refractivity contribution in [3.63, 3.8) is 0 Å². The van der Waals surface area contributed by atoms with Gasteiger partial charge in [0.25, 0.3) is 5.91 Å². The predicted octanol–water partition coefficient (Wildman–Crippen LogP) is 2.99. The van der Waals surface area contributed by atoms with Crippen molar-refractivity contribution in [3.8, 4) is 0 Å². The maximum Gasteiger partial charge on any atom is 0.314 e. The molecule has 1 fully saturated rings. The summed E-state index contributed by atoms with van der Waals surface area (Å²) >= 11 is 5.94. The van der Waals surface area contributed by atoms with Crippen LogP contribution >= 0.6 is 11.6 Å². The molecule has 2 aromatic heterocycles. The van der Waals surface area contributed by atoms with Crippen LogP contribution in [0.25, 0.3) is 11.0 Å². The molecule has 1 aliphatic heterocycles. The highest BCUT2D eigenvalue weighted by Crippen LogP contribution is 2.28. The van der Waals surface area contributed by atoms with Crippen LogP contribution in [0.2, 0.25) is 5.02 Å². The monoisotopic (exact) mass is 455 g/mol. The topological polar surface area (TPSA) is 118 Å². The standard InChI is InChI=1S/C22H26ClN7O2/c1-2-30-20-17(13-27-30)19(28-16-7-9-29(10-8-16)22(24)32)18(12-25-20)21(31)26-11-14-3-5-15(23)6-4-14/h3-6,12-13,16H,2,7-11H2,1H3,(H2,24,32)(H,25,28)(H,26,31). The summed E-state index contributed by atoms with van der Waals surface area (Å²) in [6.45, 7) is 4.20. The minimum atomic E-state index is -0.402. The molecule has 4 N–H and O–H groups in total. The molecular weight excluding hydrogens is 430 g/mol. The van der Waals surface area contributed by atoms with E-state index < -0.39 is 6.03 Å². The number of carbonyl (C=O) groups excluding carboxylic acids is 2. The van der Waals surface area contributed by atoms with Gasteiger partial charge in [0, 0.05) is 43.4 Å². The number of aryl methyl sites for hydroxylation is 1. The summed E-state index contributed by atoms with van der Waals surface area (Å²) in [7, 11) is 0. The minimum Gasteiger partial charge on any atom is -0.381 e. The van der Waals surface area contributed by atoms with Crippen LogP contribution in [-0.4, -0.2) is 50.7 Å². The van der Waals surface area contributed by atoms with Gasteiger partial charge in [-0.05, 0) is 37.5 Å². The number of likely N-dealkylation sites (tertiary alicyclic amines) is 1. The van der Waals surface area contributed by atoms with Crippen molar-refractivity contribution in [2.24, 2.45) is 5.73 Å². The number of hydrogen-bond acceptors (Lipinski definition) is 5. The quantitative estimate of drug-likeness (QED) is 0.528. The molecule has 4 rings (SSSR count). The Morgan fingerprint density at radius 3 is 2.56 bits per heavy atom. The summed E-state index contributed by atoms with van der Waals surface area (Å²) in [5, 5.41) is 12.3. The number of carbonyl (C=O) groups is 2. The van der Waals surface area contributed by atoms with Crippen LogP contribution in [0.3, 0.4) is 0 Å². The summed E-state index contributed by atoms with van der Waals surface area (Å²) in [5.41, 5.74) is 8.23. The minimum absolute atomic E-state index is 0.101. The predicted molar refractivity (Wildman–Crippen MR) is 124 cm³/mol. The fourth-order valence-electron chi connectivity index (χ4n) is 3.91. The Balaban J connectivity index is 1.58. The lowest BCUT2D eigenvalue weighted by Crippen LogP contribution is -2.44. The van der Waals surface area contributed by atoms with E-state index in [9.17, 15) is 9.59 Å². The lowest BCUT2D eigenvalue weighted by atomic mass is 10.0. The van der Waals surface area contributed by atoms with Gasteiger partial charge < -0.3 is 21.3 Å². The van der Waals surface area contributed by atoms with Gasteiger partial charge in [0.2, 0.25) is 0 Å². The van der Waals surface area contributed by atoms with Crippen LogP contribution in [0, 0.1) is 0 Å². The number of piperidine rings is 1. The molecular formula is C22H26ClN7O2. The van der Waals surface area contributed by atoms with E-state index in [0.29, 0.717) is 42.5 Å². The van der Waals surface area contributed by atoms with E-state index in [1.165, 1.54) is 0 Å². The van der Waals surface area contributed by atoms with Gasteiger partial charge in [-0.15, -0.1) is 0 Å². The zero-order valence-electron chi connectivity index (χ0n) is 17.8. The van der Waals surface area contributed by atoms with Gasteiger partial charge in [-0.3, -0.25) is 4.79 Å². The number of hydrogen-bond donors (Lipinski definition) is 3. The van der Waals surface area contributed by atoms with E-state index in [0.717, 1.165) is 29.4 Å². The van der Waals surface area contributed by atoms with Gasteiger partial charge in [-0.1, -0.05) is 23.7 Å². The van der Waals surface area contributed by atoms with Crippen molar-refractivity contribution < 1.29 is 9.59 Å². The van der Waals surface area contributed by atoms with Crippen molar-refractivity contribution in [1.82, 2.24) is 25.0 Å². The fourth-order valence-corrected chi connectivity index (χ4v) is 4.04. The molecule has 0 radical (unpaired) electrons. The zero-order valence-corrected chi connectivity index (χ0v) is 18.6. The van der Waals surface area contributed by atoms with E-state index in [1.807, 2.05) is 19.1 Å². The van der Waals surface area contributed by atoms with Crippen LogP contribution in [0.15, 0.2) is 36.7 Å². The molecule has 10 heteroatoms. The van der Waals surface area contributed by atoms with Crippen LogP contribution in [0.1, 0.15) is 35.7 Å². The summed E-state index contributed by atoms with van der Waals surface area (Å²) < 4.78 is 1.80. The third kappa shape index (κ3) is 4.62. The van der Waals surface area contributed by atoms with Crippen LogP contribution in [0.4, 0.5) is 10.5 Å². The molecule has 1 aromatic carbocycles. The maximum absolute atomic E-state index is 13.1. The molecule has 3 aromatic rings. The first-order valence-corrected chi connectivity index (χ1v) is 11.0. The molecule has 0 saturated carbocycles. The van der Waals surface area contributed by atoms with Crippen LogP contribution in [0.5, 0.6) is 0 Å². The molecule has 1 saturated heterocycles. The first-order chi connectivity index (χ1) is 15.5. The molecule has 168 valence electrons. The fraction of sp³-hybridized carbons (Fsp3) is 0.364. The zero-order chi connectivity index (χ0) is 22.7. The van der Waals surface area contributed by atoms with Crippen molar-refractivity contribution in [2.75, 3.05) is 18.4 Å². The molecule has 0 atom stereocenters. The van der Waals surface area contributed by atoms with Crippen molar-refractivity contribution >= 4 is 40.3 Å². The van der Waals surface area contributed by atoms with Gasteiger partial charge in [0.05, 0.1) is 22.8 Å². The number of urea groups is 1. The average Bonchev–Trinajstić information content (AvgIpc) is 3.23. The second kappa shape index (κ2) is 9.44. The highest BCUT2D eigenvalue weighted by atomic mass is 35.5. The summed E-state index contributed by atoms with van der Waals surface area (Å²) in [4.78, 5) is 30.7. The Morgan fingerprint density at radius 2 is 1.91 bits per heavy atom. The Bertz CT molecular complexity index is 1120. The molecule has 0 unspecified atom stereocenters. The molecule has 0 spiro atoms. The van der Waals surface area contributed by atoms with E-state index in [-0.39, 0.29) is 11.9 Å². The summed E-state index contributed by atoms with van der Waals surface area (Å²) in [5.74, 6) is -0.226. The van der Waals surface area contributed by atoms with Gasteiger partial charge in [0.1, 0.15) is 0 Å². The molecule has 9 nitrogen and oxygen atoms in total. The van der Waals surface area contributed by atoms with E-state index >= 15 is 0 Å². The SMILES string of the molecule is CCn1ncc2c(NC3CCN(C(N)=O)CC3)c(C(=O)NCc3ccc(Cl)cc3)cnc21. The van der Waals surface area contributed by atoms with Gasteiger partial charge in [0.15, 0.2) is 5.65 Å². The number of rotatable bonds is 6. The third-order valence-corrected chi connectivity index (χ3v) is 5.98.